The Labute approximate surface area is 128 Å². The van der Waals surface area contributed by atoms with Gasteiger partial charge in [0.1, 0.15) is 0 Å². The van der Waals surface area contributed by atoms with Crippen LogP contribution >= 0.6 is 15.9 Å². The Kier molecular flexibility index (Phi) is 6.20. The Bertz CT molecular complexity index is 464. The average Bonchev–Trinajstić information content (AvgIpc) is 2.38. The van der Waals surface area contributed by atoms with Crippen molar-refractivity contribution in [1.82, 2.24) is 5.32 Å². The summed E-state index contributed by atoms with van der Waals surface area (Å²) in [7, 11) is 0. The summed E-state index contributed by atoms with van der Waals surface area (Å²) in [6, 6.07) is 7.75. The number of amides is 2. The van der Waals surface area contributed by atoms with Gasteiger partial charge in [0.05, 0.1) is 4.32 Å². The molecule has 5 heteroatoms. The summed E-state index contributed by atoms with van der Waals surface area (Å²) >= 11 is 3.27. The van der Waals surface area contributed by atoms with E-state index in [4.69, 9.17) is 0 Å². The Morgan fingerprint density at radius 1 is 1.20 bits per heavy atom. The third kappa shape index (κ3) is 5.74. The van der Waals surface area contributed by atoms with Gasteiger partial charge >= 0.3 is 0 Å². The molecule has 0 bridgehead atoms. The van der Waals surface area contributed by atoms with Gasteiger partial charge in [0.2, 0.25) is 11.8 Å². The van der Waals surface area contributed by atoms with Gasteiger partial charge in [-0.2, -0.15) is 0 Å². The lowest BCUT2D eigenvalue weighted by atomic mass is 10.1. The second kappa shape index (κ2) is 7.43. The normalized spacial score (nSPS) is 11.0. The highest BCUT2D eigenvalue weighted by Gasteiger charge is 2.22. The molecule has 2 amide bonds. The zero-order valence-corrected chi connectivity index (χ0v) is 13.7. The highest BCUT2D eigenvalue weighted by Crippen LogP contribution is 2.15. The van der Waals surface area contributed by atoms with Crippen molar-refractivity contribution in [2.24, 2.45) is 0 Å². The SMILES string of the molecule is CCc1ccc(NC(=O)CCNC(=O)C(C)(C)Br)cc1. The first-order chi connectivity index (χ1) is 9.32. The highest BCUT2D eigenvalue weighted by atomic mass is 79.9. The third-order valence-corrected chi connectivity index (χ3v) is 3.18. The molecule has 0 saturated heterocycles. The largest absolute Gasteiger partial charge is 0.354 e. The van der Waals surface area contributed by atoms with Gasteiger partial charge in [-0.3, -0.25) is 9.59 Å². The van der Waals surface area contributed by atoms with Crippen LogP contribution in [0, 0.1) is 0 Å². The maximum absolute atomic E-state index is 11.7. The number of anilines is 1. The van der Waals surface area contributed by atoms with Gasteiger partial charge in [-0.15, -0.1) is 0 Å². The fraction of sp³-hybridized carbons (Fsp3) is 0.467. The molecule has 0 fully saturated rings. The van der Waals surface area contributed by atoms with E-state index >= 15 is 0 Å². The zero-order chi connectivity index (χ0) is 15.2. The number of hydrogen-bond donors (Lipinski definition) is 2. The molecular formula is C15H21BrN2O2. The van der Waals surface area contributed by atoms with E-state index in [1.807, 2.05) is 24.3 Å². The molecule has 0 aliphatic heterocycles. The molecule has 0 aromatic heterocycles. The Morgan fingerprint density at radius 3 is 2.30 bits per heavy atom. The minimum Gasteiger partial charge on any atom is -0.354 e. The molecular weight excluding hydrogens is 320 g/mol. The molecule has 1 aromatic rings. The van der Waals surface area contributed by atoms with Crippen LogP contribution in [0.3, 0.4) is 0 Å². The van der Waals surface area contributed by atoms with Gasteiger partial charge in [0.25, 0.3) is 0 Å². The molecule has 0 aliphatic carbocycles. The van der Waals surface area contributed by atoms with E-state index in [0.717, 1.165) is 12.1 Å². The second-order valence-electron chi connectivity index (χ2n) is 5.08. The van der Waals surface area contributed by atoms with Crippen LogP contribution in [0.5, 0.6) is 0 Å². The predicted octanol–water partition coefficient (Wildman–Crippen LogP) is 2.87. The lowest BCUT2D eigenvalue weighted by molar-refractivity contribution is -0.122. The quantitative estimate of drug-likeness (QED) is 0.782. The third-order valence-electron chi connectivity index (χ3n) is 2.82. The summed E-state index contributed by atoms with van der Waals surface area (Å²) < 4.78 is -0.612. The van der Waals surface area contributed by atoms with Crippen LogP contribution < -0.4 is 10.6 Å². The van der Waals surface area contributed by atoms with Crippen molar-refractivity contribution in [1.29, 1.82) is 0 Å². The van der Waals surface area contributed by atoms with E-state index in [1.54, 1.807) is 13.8 Å². The first-order valence-corrected chi connectivity index (χ1v) is 7.48. The van der Waals surface area contributed by atoms with Gasteiger partial charge in [-0.1, -0.05) is 35.0 Å². The standard InChI is InChI=1S/C15H21BrN2O2/c1-4-11-5-7-12(8-6-11)18-13(19)9-10-17-14(20)15(2,3)16/h5-8H,4,9-10H2,1-3H3,(H,17,20)(H,18,19). The van der Waals surface area contributed by atoms with Crippen molar-refractivity contribution < 1.29 is 9.59 Å². The van der Waals surface area contributed by atoms with Gasteiger partial charge in [-0.25, -0.2) is 0 Å². The van der Waals surface area contributed by atoms with Crippen LogP contribution in [0.25, 0.3) is 0 Å². The van der Waals surface area contributed by atoms with E-state index in [0.29, 0.717) is 6.54 Å². The van der Waals surface area contributed by atoms with Crippen LogP contribution in [0.2, 0.25) is 0 Å². The summed E-state index contributed by atoms with van der Waals surface area (Å²) in [6.45, 7) is 5.93. The van der Waals surface area contributed by atoms with Crippen molar-refractivity contribution >= 4 is 33.4 Å². The smallest absolute Gasteiger partial charge is 0.236 e. The van der Waals surface area contributed by atoms with Crippen LogP contribution in [0.4, 0.5) is 5.69 Å². The molecule has 0 atom stereocenters. The number of nitrogens with one attached hydrogen (secondary N) is 2. The maximum Gasteiger partial charge on any atom is 0.236 e. The minimum absolute atomic E-state index is 0.109. The first kappa shape index (κ1) is 16.7. The second-order valence-corrected chi connectivity index (χ2v) is 7.06. The van der Waals surface area contributed by atoms with Crippen molar-refractivity contribution in [3.05, 3.63) is 29.8 Å². The fourth-order valence-corrected chi connectivity index (χ4v) is 1.69. The maximum atomic E-state index is 11.7. The van der Waals surface area contributed by atoms with Crippen LogP contribution in [-0.2, 0) is 16.0 Å². The zero-order valence-electron chi connectivity index (χ0n) is 12.1. The van der Waals surface area contributed by atoms with E-state index in [-0.39, 0.29) is 18.2 Å². The predicted molar refractivity (Wildman–Crippen MR) is 85.1 cm³/mol. The molecule has 0 heterocycles. The molecule has 110 valence electrons. The summed E-state index contributed by atoms with van der Waals surface area (Å²) in [5.74, 6) is -0.237. The van der Waals surface area contributed by atoms with Crippen molar-refractivity contribution in [3.8, 4) is 0 Å². The molecule has 0 unspecified atom stereocenters. The van der Waals surface area contributed by atoms with Gasteiger partial charge in [0.15, 0.2) is 0 Å². The monoisotopic (exact) mass is 340 g/mol. The number of carbonyl (C=O) groups excluding carboxylic acids is 2. The summed E-state index contributed by atoms with van der Waals surface area (Å²) in [6.07, 6.45) is 1.23. The molecule has 2 N–H and O–H groups in total. The number of hydrogen-bond acceptors (Lipinski definition) is 2. The average molecular weight is 341 g/mol. The number of benzene rings is 1. The molecule has 0 saturated carbocycles. The number of alkyl halides is 1. The Hall–Kier alpha value is -1.36. The molecule has 0 spiro atoms. The molecule has 1 aromatic carbocycles. The molecule has 20 heavy (non-hydrogen) atoms. The number of carbonyl (C=O) groups is 2. The minimum atomic E-state index is -0.612. The number of halogens is 1. The van der Waals surface area contributed by atoms with E-state index in [9.17, 15) is 9.59 Å². The van der Waals surface area contributed by atoms with Gasteiger partial charge < -0.3 is 10.6 Å². The lowest BCUT2D eigenvalue weighted by Gasteiger charge is -2.15. The molecule has 4 nitrogen and oxygen atoms in total. The van der Waals surface area contributed by atoms with E-state index in [2.05, 4.69) is 33.5 Å². The summed E-state index contributed by atoms with van der Waals surface area (Å²) in [5.41, 5.74) is 2.01. The highest BCUT2D eigenvalue weighted by molar-refractivity contribution is 9.10. The Morgan fingerprint density at radius 2 is 1.80 bits per heavy atom. The summed E-state index contributed by atoms with van der Waals surface area (Å²) in [4.78, 5) is 23.3. The van der Waals surface area contributed by atoms with Gasteiger partial charge in [-0.05, 0) is 38.0 Å². The Balaban J connectivity index is 2.35. The lowest BCUT2D eigenvalue weighted by Crippen LogP contribution is -2.38. The van der Waals surface area contributed by atoms with Crippen molar-refractivity contribution in [3.63, 3.8) is 0 Å². The number of rotatable bonds is 6. The van der Waals surface area contributed by atoms with Crippen molar-refractivity contribution in [2.75, 3.05) is 11.9 Å². The van der Waals surface area contributed by atoms with Crippen molar-refractivity contribution in [2.45, 2.75) is 37.9 Å². The molecule has 0 radical (unpaired) electrons. The van der Waals surface area contributed by atoms with Crippen LogP contribution in [-0.4, -0.2) is 22.7 Å². The van der Waals surface area contributed by atoms with Crippen LogP contribution in [0.1, 0.15) is 32.8 Å². The van der Waals surface area contributed by atoms with Gasteiger partial charge in [0, 0.05) is 18.7 Å². The molecule has 0 aliphatic rings. The van der Waals surface area contributed by atoms with E-state index in [1.165, 1.54) is 5.56 Å². The summed E-state index contributed by atoms with van der Waals surface area (Å²) in [5, 5.41) is 5.51. The van der Waals surface area contributed by atoms with E-state index < -0.39 is 4.32 Å². The first-order valence-electron chi connectivity index (χ1n) is 6.69. The van der Waals surface area contributed by atoms with Crippen LogP contribution in [0.15, 0.2) is 24.3 Å². The molecule has 1 rings (SSSR count). The number of aryl methyl sites for hydroxylation is 1. The topological polar surface area (TPSA) is 58.2 Å². The fourth-order valence-electron chi connectivity index (χ4n) is 1.55.